The molecule has 2 aromatic rings. The summed E-state index contributed by atoms with van der Waals surface area (Å²) in [4.78, 5) is 11.1. The highest BCUT2D eigenvalue weighted by molar-refractivity contribution is 9.08. The number of thiophene rings is 1. The van der Waals surface area contributed by atoms with Crippen LogP contribution in [0.15, 0.2) is 12.1 Å². The van der Waals surface area contributed by atoms with Crippen LogP contribution in [0.1, 0.15) is 24.7 Å². The molecule has 0 atom stereocenters. The van der Waals surface area contributed by atoms with E-state index in [4.69, 9.17) is 0 Å². The average molecular weight is 329 g/mol. The fraction of sp³-hybridized carbons (Fsp3) is 0.400. The topological polar surface area (TPSA) is 73.8 Å². The van der Waals surface area contributed by atoms with Crippen molar-refractivity contribution in [1.29, 1.82) is 0 Å². The summed E-state index contributed by atoms with van der Waals surface area (Å²) in [6, 6.07) is 3.70. The van der Waals surface area contributed by atoms with Gasteiger partial charge in [0.15, 0.2) is 5.82 Å². The van der Waals surface area contributed by atoms with Gasteiger partial charge in [0.05, 0.1) is 15.1 Å². The van der Waals surface area contributed by atoms with Crippen LogP contribution in [-0.2, 0) is 5.33 Å². The molecule has 0 aromatic carbocycles. The maximum atomic E-state index is 10.7. The van der Waals surface area contributed by atoms with Crippen LogP contribution in [0.2, 0.25) is 0 Å². The van der Waals surface area contributed by atoms with Crippen LogP contribution in [0.25, 0.3) is 10.7 Å². The van der Waals surface area contributed by atoms with Gasteiger partial charge in [-0.3, -0.25) is 10.1 Å². The zero-order valence-electron chi connectivity index (χ0n) is 9.24. The van der Waals surface area contributed by atoms with E-state index in [2.05, 4.69) is 30.7 Å². The van der Waals surface area contributed by atoms with Crippen LogP contribution in [0.3, 0.4) is 0 Å². The maximum absolute atomic E-state index is 10.7. The van der Waals surface area contributed by atoms with Crippen molar-refractivity contribution >= 4 is 32.3 Å². The van der Waals surface area contributed by atoms with Gasteiger partial charge < -0.3 is 4.57 Å². The molecule has 0 amide bonds. The number of hydrogen-bond acceptors (Lipinski definition) is 5. The van der Waals surface area contributed by atoms with Crippen molar-refractivity contribution in [3.05, 3.63) is 28.1 Å². The Labute approximate surface area is 115 Å². The van der Waals surface area contributed by atoms with Crippen molar-refractivity contribution in [2.45, 2.75) is 24.2 Å². The number of rotatable bonds is 4. The van der Waals surface area contributed by atoms with E-state index in [9.17, 15) is 10.1 Å². The third-order valence-corrected chi connectivity index (χ3v) is 4.32. The van der Waals surface area contributed by atoms with E-state index in [1.54, 1.807) is 6.07 Å². The molecule has 0 spiro atoms. The lowest BCUT2D eigenvalue weighted by Crippen LogP contribution is -2.00. The number of alkyl halides is 1. The number of hydrogen-bond donors (Lipinski definition) is 0. The summed E-state index contributed by atoms with van der Waals surface area (Å²) in [6.45, 7) is 0. The summed E-state index contributed by atoms with van der Waals surface area (Å²) in [5, 5.41) is 19.8. The minimum atomic E-state index is -0.378. The summed E-state index contributed by atoms with van der Waals surface area (Å²) in [6.07, 6.45) is 2.25. The average Bonchev–Trinajstić information content (AvgIpc) is 2.93. The van der Waals surface area contributed by atoms with E-state index in [-0.39, 0.29) is 9.92 Å². The minimum Gasteiger partial charge on any atom is -0.306 e. The second-order valence-electron chi connectivity index (χ2n) is 4.07. The largest absolute Gasteiger partial charge is 0.324 e. The maximum Gasteiger partial charge on any atom is 0.324 e. The first-order chi connectivity index (χ1) is 8.70. The monoisotopic (exact) mass is 328 g/mol. The van der Waals surface area contributed by atoms with Gasteiger partial charge in [-0.1, -0.05) is 27.3 Å². The predicted molar refractivity (Wildman–Crippen MR) is 70.9 cm³/mol. The molecule has 0 saturated heterocycles. The molecule has 18 heavy (non-hydrogen) atoms. The van der Waals surface area contributed by atoms with Gasteiger partial charge in [-0.25, -0.2) is 0 Å². The van der Waals surface area contributed by atoms with E-state index in [0.717, 1.165) is 40.7 Å². The molecule has 0 bridgehead atoms. The summed E-state index contributed by atoms with van der Waals surface area (Å²) >= 11 is 4.53. The highest BCUT2D eigenvalue weighted by atomic mass is 79.9. The van der Waals surface area contributed by atoms with Crippen molar-refractivity contribution in [3.63, 3.8) is 0 Å². The van der Waals surface area contributed by atoms with Crippen molar-refractivity contribution in [3.8, 4) is 10.7 Å². The van der Waals surface area contributed by atoms with E-state index >= 15 is 0 Å². The molecule has 0 aliphatic heterocycles. The Morgan fingerprint density at radius 2 is 2.28 bits per heavy atom. The van der Waals surface area contributed by atoms with Gasteiger partial charge in [-0.2, -0.15) is 0 Å². The molecular formula is C10H9BrN4O2S. The lowest BCUT2D eigenvalue weighted by molar-refractivity contribution is -0.380. The molecule has 1 saturated carbocycles. The van der Waals surface area contributed by atoms with Gasteiger partial charge >= 0.3 is 5.00 Å². The zero-order chi connectivity index (χ0) is 12.7. The first-order valence-corrected chi connectivity index (χ1v) is 7.39. The zero-order valence-corrected chi connectivity index (χ0v) is 11.6. The van der Waals surface area contributed by atoms with Crippen LogP contribution >= 0.6 is 27.3 Å². The Hall–Kier alpha value is -1.28. The molecule has 1 aliphatic rings. The Bertz CT molecular complexity index is 605. The molecule has 3 rings (SSSR count). The van der Waals surface area contributed by atoms with Crippen LogP contribution < -0.4 is 0 Å². The van der Waals surface area contributed by atoms with Gasteiger partial charge in [0, 0.05) is 12.1 Å². The molecule has 0 unspecified atom stereocenters. The van der Waals surface area contributed by atoms with Crippen molar-refractivity contribution < 1.29 is 4.92 Å². The van der Waals surface area contributed by atoms with Crippen LogP contribution in [0.4, 0.5) is 5.00 Å². The normalized spacial score (nSPS) is 14.9. The fourth-order valence-electron chi connectivity index (χ4n) is 1.85. The fourth-order valence-corrected chi connectivity index (χ4v) is 3.03. The minimum absolute atomic E-state index is 0.135. The van der Waals surface area contributed by atoms with E-state index in [1.165, 1.54) is 6.07 Å². The van der Waals surface area contributed by atoms with E-state index < -0.39 is 0 Å². The lowest BCUT2D eigenvalue weighted by Gasteiger charge is -2.05. The number of nitrogens with zero attached hydrogens (tertiary/aromatic N) is 4. The molecule has 1 fully saturated rings. The summed E-state index contributed by atoms with van der Waals surface area (Å²) in [7, 11) is 0. The molecule has 0 radical (unpaired) electrons. The van der Waals surface area contributed by atoms with Crippen LogP contribution in [-0.4, -0.2) is 19.7 Å². The summed E-state index contributed by atoms with van der Waals surface area (Å²) < 4.78 is 2.09. The summed E-state index contributed by atoms with van der Waals surface area (Å²) in [5.74, 6) is 1.62. The molecule has 1 aliphatic carbocycles. The van der Waals surface area contributed by atoms with Crippen molar-refractivity contribution in [2.24, 2.45) is 0 Å². The van der Waals surface area contributed by atoms with Crippen molar-refractivity contribution in [1.82, 2.24) is 14.8 Å². The Morgan fingerprint density at radius 1 is 1.50 bits per heavy atom. The highest BCUT2D eigenvalue weighted by Crippen LogP contribution is 2.41. The quantitative estimate of drug-likeness (QED) is 0.491. The van der Waals surface area contributed by atoms with Crippen LogP contribution in [0.5, 0.6) is 0 Å². The Morgan fingerprint density at radius 3 is 2.83 bits per heavy atom. The number of nitro groups is 1. The molecule has 0 N–H and O–H groups in total. The number of halogens is 1. The Kier molecular flexibility index (Phi) is 2.90. The van der Waals surface area contributed by atoms with Gasteiger partial charge in [-0.15, -0.1) is 10.2 Å². The molecule has 6 nitrogen and oxygen atoms in total. The predicted octanol–water partition coefficient (Wildman–Crippen LogP) is 3.14. The third kappa shape index (κ3) is 1.95. The second kappa shape index (κ2) is 4.43. The second-order valence-corrected chi connectivity index (χ2v) is 5.69. The highest BCUT2D eigenvalue weighted by Gasteiger charge is 2.30. The van der Waals surface area contributed by atoms with Gasteiger partial charge in [0.25, 0.3) is 0 Å². The smallest absolute Gasteiger partial charge is 0.306 e. The SMILES string of the molecule is O=[N+]([O-])c1ccc(-c2nnc(CBr)n2C2CC2)s1. The number of aromatic nitrogens is 3. The first kappa shape index (κ1) is 11.8. The molecule has 94 valence electrons. The molecule has 8 heteroatoms. The first-order valence-electron chi connectivity index (χ1n) is 5.45. The Balaban J connectivity index is 2.04. The van der Waals surface area contributed by atoms with Gasteiger partial charge in [-0.05, 0) is 18.9 Å². The third-order valence-electron chi connectivity index (χ3n) is 2.79. The molecule has 2 heterocycles. The van der Waals surface area contributed by atoms with Gasteiger partial charge in [0.2, 0.25) is 0 Å². The van der Waals surface area contributed by atoms with E-state index in [0.29, 0.717) is 11.4 Å². The lowest BCUT2D eigenvalue weighted by atomic mass is 10.4. The standard InChI is InChI=1S/C10H9BrN4O2S/c11-5-8-12-13-10(14(8)6-1-2-6)7-3-4-9(18-7)15(16)17/h3-4,6H,1-2,5H2. The molecule has 2 aromatic heterocycles. The van der Waals surface area contributed by atoms with Crippen LogP contribution in [0, 0.1) is 10.1 Å². The van der Waals surface area contributed by atoms with Gasteiger partial charge in [0.1, 0.15) is 5.82 Å². The van der Waals surface area contributed by atoms with Crippen molar-refractivity contribution in [2.75, 3.05) is 0 Å². The summed E-state index contributed by atoms with van der Waals surface area (Å²) in [5.41, 5.74) is 0. The molecular weight excluding hydrogens is 320 g/mol. The van der Waals surface area contributed by atoms with E-state index in [1.807, 2.05) is 0 Å².